The maximum Gasteiger partial charge on any atom is 0.143 e. The van der Waals surface area contributed by atoms with Gasteiger partial charge in [0.2, 0.25) is 0 Å². The summed E-state index contributed by atoms with van der Waals surface area (Å²) >= 11 is 0. The highest BCUT2D eigenvalue weighted by Gasteiger charge is 2.16. The van der Waals surface area contributed by atoms with Gasteiger partial charge in [-0.1, -0.05) is 146 Å². The molecular formula is C48H31NO. The first-order valence-electron chi connectivity index (χ1n) is 17.1. The molecular weight excluding hydrogens is 607 g/mol. The number of hydrogen-bond acceptors (Lipinski definition) is 2. The lowest BCUT2D eigenvalue weighted by molar-refractivity contribution is 0.670. The lowest BCUT2D eigenvalue weighted by Crippen LogP contribution is -2.09. The molecule has 9 aromatic carbocycles. The lowest BCUT2D eigenvalue weighted by atomic mass is 9.94. The minimum absolute atomic E-state index is 0.918. The van der Waals surface area contributed by atoms with Gasteiger partial charge in [0.15, 0.2) is 0 Å². The van der Waals surface area contributed by atoms with Gasteiger partial charge in [0.25, 0.3) is 0 Å². The molecule has 2 nitrogen and oxygen atoms in total. The molecule has 0 aliphatic rings. The molecule has 1 heterocycles. The van der Waals surface area contributed by atoms with Crippen LogP contribution in [0.1, 0.15) is 0 Å². The van der Waals surface area contributed by atoms with Gasteiger partial charge in [0.05, 0.1) is 0 Å². The number of anilines is 3. The third kappa shape index (κ3) is 4.57. The minimum Gasteiger partial charge on any atom is -0.455 e. The van der Waals surface area contributed by atoms with Crippen molar-refractivity contribution in [1.82, 2.24) is 0 Å². The highest BCUT2D eigenvalue weighted by molar-refractivity contribution is 6.25. The molecule has 10 rings (SSSR count). The summed E-state index contributed by atoms with van der Waals surface area (Å²) in [5.74, 6) is 0. The number of furan rings is 1. The molecule has 0 saturated heterocycles. The van der Waals surface area contributed by atoms with Gasteiger partial charge in [-0.05, 0) is 91.5 Å². The fraction of sp³-hybridized carbons (Fsp3) is 0. The molecule has 0 radical (unpaired) electrons. The highest BCUT2D eigenvalue weighted by Crippen LogP contribution is 2.41. The Kier molecular flexibility index (Phi) is 6.53. The van der Waals surface area contributed by atoms with Gasteiger partial charge in [-0.15, -0.1) is 0 Å². The molecule has 0 spiro atoms. The molecule has 10 aromatic rings. The molecule has 0 bridgehead atoms. The smallest absolute Gasteiger partial charge is 0.143 e. The average Bonchev–Trinajstić information content (AvgIpc) is 3.58. The number of nitrogens with zero attached hydrogens (tertiary/aromatic N) is 1. The van der Waals surface area contributed by atoms with Crippen molar-refractivity contribution in [3.05, 3.63) is 188 Å². The van der Waals surface area contributed by atoms with E-state index in [9.17, 15) is 0 Å². The minimum atomic E-state index is 0.918. The molecule has 234 valence electrons. The Balaban J connectivity index is 1.04. The van der Waals surface area contributed by atoms with Gasteiger partial charge in [-0.2, -0.15) is 0 Å². The van der Waals surface area contributed by atoms with Crippen LogP contribution < -0.4 is 4.90 Å². The number of hydrogen-bond donors (Lipinski definition) is 0. The molecule has 0 aliphatic carbocycles. The SMILES string of the molecule is c1ccc(N(c2ccc(-c3ccc(-c4cccc5c4oc4ccccc45)cc3)cc2)c2ccc3c4ccccc4c4ccccc4c3c2)cc1. The summed E-state index contributed by atoms with van der Waals surface area (Å²) in [6.07, 6.45) is 0. The molecule has 0 aliphatic heterocycles. The second kappa shape index (κ2) is 11.5. The van der Waals surface area contributed by atoms with E-state index in [-0.39, 0.29) is 0 Å². The van der Waals surface area contributed by atoms with Crippen molar-refractivity contribution in [3.8, 4) is 22.3 Å². The van der Waals surface area contributed by atoms with Crippen LogP contribution in [0.5, 0.6) is 0 Å². The molecule has 0 saturated carbocycles. The second-order valence-electron chi connectivity index (χ2n) is 12.9. The standard InChI is InChI=1S/C48H31NO/c1-2-11-35(12-3-1)49(37-29-30-43-41-15-5-4-13-39(41)40-14-6-7-16-42(40)46(43)31-37)36-27-25-33(26-28-36)32-21-23-34(24-22-32)38-18-10-19-45-44-17-8-9-20-47(44)50-48(38)45/h1-31H. The van der Waals surface area contributed by atoms with Gasteiger partial charge in [-0.25, -0.2) is 0 Å². The van der Waals surface area contributed by atoms with Crippen LogP contribution in [0.4, 0.5) is 17.1 Å². The first kappa shape index (κ1) is 28.4. The van der Waals surface area contributed by atoms with Crippen LogP contribution in [0.3, 0.4) is 0 Å². The molecule has 0 N–H and O–H groups in total. The van der Waals surface area contributed by atoms with E-state index in [2.05, 4.69) is 181 Å². The molecule has 0 fully saturated rings. The van der Waals surface area contributed by atoms with Crippen LogP contribution >= 0.6 is 0 Å². The third-order valence-electron chi connectivity index (χ3n) is 10.1. The average molecular weight is 638 g/mol. The Bertz CT molecular complexity index is 2810. The van der Waals surface area contributed by atoms with Crippen molar-refractivity contribution in [2.45, 2.75) is 0 Å². The van der Waals surface area contributed by atoms with Crippen molar-refractivity contribution in [1.29, 1.82) is 0 Å². The van der Waals surface area contributed by atoms with E-state index in [1.54, 1.807) is 0 Å². The van der Waals surface area contributed by atoms with Crippen LogP contribution in [-0.4, -0.2) is 0 Å². The van der Waals surface area contributed by atoms with Gasteiger partial charge in [-0.3, -0.25) is 0 Å². The third-order valence-corrected chi connectivity index (χ3v) is 10.1. The quantitative estimate of drug-likeness (QED) is 0.175. The topological polar surface area (TPSA) is 16.4 Å². The summed E-state index contributed by atoms with van der Waals surface area (Å²) in [5, 5.41) is 9.95. The zero-order valence-corrected chi connectivity index (χ0v) is 27.3. The lowest BCUT2D eigenvalue weighted by Gasteiger charge is -2.26. The Labute approximate surface area is 290 Å². The van der Waals surface area contributed by atoms with Gasteiger partial charge in [0, 0.05) is 33.4 Å². The summed E-state index contributed by atoms with van der Waals surface area (Å²) in [7, 11) is 0. The number of benzene rings is 9. The van der Waals surface area contributed by atoms with E-state index in [4.69, 9.17) is 4.42 Å². The van der Waals surface area contributed by atoms with Crippen molar-refractivity contribution in [3.63, 3.8) is 0 Å². The van der Waals surface area contributed by atoms with Crippen LogP contribution in [0.2, 0.25) is 0 Å². The van der Waals surface area contributed by atoms with Crippen molar-refractivity contribution in [2.24, 2.45) is 0 Å². The fourth-order valence-corrected chi connectivity index (χ4v) is 7.68. The monoisotopic (exact) mass is 637 g/mol. The van der Waals surface area contributed by atoms with E-state index in [1.165, 1.54) is 43.4 Å². The maximum atomic E-state index is 6.32. The second-order valence-corrected chi connectivity index (χ2v) is 12.9. The summed E-state index contributed by atoms with van der Waals surface area (Å²) in [6.45, 7) is 0. The summed E-state index contributed by atoms with van der Waals surface area (Å²) in [6, 6.07) is 67.4. The Morgan fingerprint density at radius 3 is 1.46 bits per heavy atom. The van der Waals surface area contributed by atoms with Gasteiger partial charge in [0.1, 0.15) is 11.2 Å². The fourth-order valence-electron chi connectivity index (χ4n) is 7.68. The molecule has 0 atom stereocenters. The predicted molar refractivity (Wildman–Crippen MR) is 212 cm³/mol. The van der Waals surface area contributed by atoms with Gasteiger partial charge >= 0.3 is 0 Å². The van der Waals surface area contributed by atoms with Crippen LogP contribution in [0.15, 0.2) is 192 Å². The number of rotatable bonds is 5. The Morgan fingerprint density at radius 2 is 0.780 bits per heavy atom. The van der Waals surface area contributed by atoms with Crippen LogP contribution in [0.25, 0.3) is 76.5 Å². The van der Waals surface area contributed by atoms with E-state index in [0.29, 0.717) is 0 Å². The molecule has 1 aromatic heterocycles. The number of fused-ring (bicyclic) bond motifs is 9. The van der Waals surface area contributed by atoms with Crippen molar-refractivity contribution < 1.29 is 4.42 Å². The summed E-state index contributed by atoms with van der Waals surface area (Å²) in [5.41, 5.74) is 9.80. The summed E-state index contributed by atoms with van der Waals surface area (Å²) in [4.78, 5) is 2.35. The normalized spacial score (nSPS) is 11.6. The molecule has 50 heavy (non-hydrogen) atoms. The van der Waals surface area contributed by atoms with Crippen LogP contribution in [-0.2, 0) is 0 Å². The zero-order chi connectivity index (χ0) is 33.0. The highest BCUT2D eigenvalue weighted by atomic mass is 16.3. The number of para-hydroxylation sites is 3. The molecule has 0 unspecified atom stereocenters. The Morgan fingerprint density at radius 1 is 0.300 bits per heavy atom. The van der Waals surface area contributed by atoms with Gasteiger partial charge < -0.3 is 9.32 Å². The largest absolute Gasteiger partial charge is 0.455 e. The Hall–Kier alpha value is -6.64. The molecule has 2 heteroatoms. The van der Waals surface area contributed by atoms with Crippen molar-refractivity contribution >= 4 is 71.3 Å². The van der Waals surface area contributed by atoms with E-state index < -0.39 is 0 Å². The van der Waals surface area contributed by atoms with E-state index in [0.717, 1.165) is 50.1 Å². The predicted octanol–water partition coefficient (Wildman–Crippen LogP) is 13.8. The van der Waals surface area contributed by atoms with Crippen molar-refractivity contribution in [2.75, 3.05) is 4.90 Å². The zero-order valence-electron chi connectivity index (χ0n) is 27.3. The van der Waals surface area contributed by atoms with E-state index >= 15 is 0 Å². The maximum absolute atomic E-state index is 6.32. The van der Waals surface area contributed by atoms with Crippen LogP contribution in [0, 0.1) is 0 Å². The first-order chi connectivity index (χ1) is 24.8. The summed E-state index contributed by atoms with van der Waals surface area (Å²) < 4.78 is 6.32. The van der Waals surface area contributed by atoms with E-state index in [1.807, 2.05) is 12.1 Å². The first-order valence-corrected chi connectivity index (χ1v) is 17.1. The molecule has 0 amide bonds.